The highest BCUT2D eigenvalue weighted by Gasteiger charge is 2.16. The van der Waals surface area contributed by atoms with E-state index >= 15 is 0 Å². The molecular formula is C15H20N2O4. The molecule has 6 heteroatoms. The zero-order valence-corrected chi connectivity index (χ0v) is 12.0. The van der Waals surface area contributed by atoms with E-state index in [2.05, 4.69) is 10.6 Å². The van der Waals surface area contributed by atoms with Crippen LogP contribution in [0.4, 0.5) is 10.5 Å². The molecule has 0 aromatic heterocycles. The first-order valence-electron chi connectivity index (χ1n) is 7.03. The van der Waals surface area contributed by atoms with Gasteiger partial charge in [-0.25, -0.2) is 9.59 Å². The number of amides is 2. The van der Waals surface area contributed by atoms with E-state index in [0.717, 1.165) is 31.6 Å². The van der Waals surface area contributed by atoms with Crippen LogP contribution < -0.4 is 10.6 Å². The van der Waals surface area contributed by atoms with Crippen molar-refractivity contribution >= 4 is 17.7 Å². The summed E-state index contributed by atoms with van der Waals surface area (Å²) in [4.78, 5) is 23.0. The number of hydrogen-bond acceptors (Lipinski definition) is 3. The van der Waals surface area contributed by atoms with Crippen molar-refractivity contribution in [1.82, 2.24) is 5.32 Å². The van der Waals surface area contributed by atoms with Crippen molar-refractivity contribution in [2.24, 2.45) is 5.92 Å². The molecule has 1 aliphatic heterocycles. The number of carbonyl (C=O) groups is 2. The average molecular weight is 292 g/mol. The van der Waals surface area contributed by atoms with Gasteiger partial charge in [0.2, 0.25) is 0 Å². The second kappa shape index (κ2) is 7.08. The predicted octanol–water partition coefficient (Wildman–Crippen LogP) is 2.24. The number of carbonyl (C=O) groups excluding carboxylic acids is 1. The SMILES string of the molecule is Cc1ccc(NC(=O)NCC2CCOCC2)c(C(=O)O)c1. The number of carboxylic acid groups (broad SMARTS) is 1. The summed E-state index contributed by atoms with van der Waals surface area (Å²) >= 11 is 0. The molecule has 21 heavy (non-hydrogen) atoms. The Labute approximate surface area is 123 Å². The molecule has 1 heterocycles. The maximum atomic E-state index is 11.9. The number of hydrogen-bond donors (Lipinski definition) is 3. The molecule has 0 saturated carbocycles. The van der Waals surface area contributed by atoms with Gasteiger partial charge in [0.1, 0.15) is 0 Å². The molecule has 0 aliphatic carbocycles. The van der Waals surface area contributed by atoms with E-state index in [1.165, 1.54) is 6.07 Å². The minimum Gasteiger partial charge on any atom is -0.478 e. The van der Waals surface area contributed by atoms with Gasteiger partial charge in [-0.15, -0.1) is 0 Å². The van der Waals surface area contributed by atoms with Gasteiger partial charge in [0.25, 0.3) is 0 Å². The average Bonchev–Trinajstić information content (AvgIpc) is 2.48. The van der Waals surface area contributed by atoms with Crippen molar-refractivity contribution in [2.45, 2.75) is 19.8 Å². The van der Waals surface area contributed by atoms with E-state index in [4.69, 9.17) is 9.84 Å². The van der Waals surface area contributed by atoms with Gasteiger partial charge in [-0.05, 0) is 37.8 Å². The van der Waals surface area contributed by atoms with Crippen LogP contribution in [-0.4, -0.2) is 36.9 Å². The molecule has 1 saturated heterocycles. The highest BCUT2D eigenvalue weighted by molar-refractivity contribution is 6.00. The van der Waals surface area contributed by atoms with Gasteiger partial charge >= 0.3 is 12.0 Å². The van der Waals surface area contributed by atoms with Gasteiger partial charge in [-0.1, -0.05) is 11.6 Å². The van der Waals surface area contributed by atoms with E-state index in [1.807, 2.05) is 0 Å². The van der Waals surface area contributed by atoms with E-state index in [0.29, 0.717) is 18.2 Å². The van der Waals surface area contributed by atoms with Crippen LogP contribution in [0.2, 0.25) is 0 Å². The third-order valence-corrected chi connectivity index (χ3v) is 3.55. The Morgan fingerprint density at radius 1 is 1.33 bits per heavy atom. The highest BCUT2D eigenvalue weighted by atomic mass is 16.5. The second-order valence-electron chi connectivity index (χ2n) is 5.24. The minimum absolute atomic E-state index is 0.0937. The summed E-state index contributed by atoms with van der Waals surface area (Å²) in [6.45, 7) is 3.84. The summed E-state index contributed by atoms with van der Waals surface area (Å²) in [5.41, 5.74) is 1.23. The second-order valence-corrected chi connectivity index (χ2v) is 5.24. The van der Waals surface area contributed by atoms with Crippen LogP contribution in [0.5, 0.6) is 0 Å². The molecule has 1 fully saturated rings. The minimum atomic E-state index is -1.06. The first-order chi connectivity index (χ1) is 10.1. The maximum absolute atomic E-state index is 11.9. The predicted molar refractivity (Wildman–Crippen MR) is 78.7 cm³/mol. The number of benzene rings is 1. The molecule has 0 bridgehead atoms. The molecule has 1 aromatic carbocycles. The Morgan fingerprint density at radius 2 is 2.05 bits per heavy atom. The molecule has 2 rings (SSSR count). The van der Waals surface area contributed by atoms with E-state index < -0.39 is 5.97 Å². The highest BCUT2D eigenvalue weighted by Crippen LogP contribution is 2.17. The molecule has 0 atom stereocenters. The van der Waals surface area contributed by atoms with Crippen molar-refractivity contribution in [3.05, 3.63) is 29.3 Å². The molecule has 1 aliphatic rings. The Bertz CT molecular complexity index is 524. The molecular weight excluding hydrogens is 272 g/mol. The molecule has 3 N–H and O–H groups in total. The van der Waals surface area contributed by atoms with Gasteiger partial charge in [-0.3, -0.25) is 0 Å². The fourth-order valence-electron chi connectivity index (χ4n) is 2.30. The molecule has 2 amide bonds. The van der Waals surface area contributed by atoms with Crippen molar-refractivity contribution < 1.29 is 19.4 Å². The van der Waals surface area contributed by atoms with Crippen molar-refractivity contribution in [2.75, 3.05) is 25.1 Å². The zero-order chi connectivity index (χ0) is 15.2. The first kappa shape index (κ1) is 15.3. The molecule has 0 radical (unpaired) electrons. The first-order valence-corrected chi connectivity index (χ1v) is 7.03. The summed E-state index contributed by atoms with van der Waals surface area (Å²) < 4.78 is 5.26. The number of urea groups is 1. The van der Waals surface area contributed by atoms with Crippen molar-refractivity contribution in [3.63, 3.8) is 0 Å². The Balaban J connectivity index is 1.91. The molecule has 1 aromatic rings. The largest absolute Gasteiger partial charge is 0.478 e. The quantitative estimate of drug-likeness (QED) is 0.794. The number of carboxylic acids is 1. The summed E-state index contributed by atoms with van der Waals surface area (Å²) in [5, 5.41) is 14.5. The number of nitrogens with one attached hydrogen (secondary N) is 2. The lowest BCUT2D eigenvalue weighted by molar-refractivity contribution is 0.0670. The monoisotopic (exact) mass is 292 g/mol. The summed E-state index contributed by atoms with van der Waals surface area (Å²) in [5.74, 6) is -0.639. The van der Waals surface area contributed by atoms with Gasteiger partial charge in [0.15, 0.2) is 0 Å². The molecule has 0 spiro atoms. The third-order valence-electron chi connectivity index (χ3n) is 3.55. The van der Waals surface area contributed by atoms with Crippen LogP contribution in [0.15, 0.2) is 18.2 Å². The lowest BCUT2D eigenvalue weighted by Gasteiger charge is -2.22. The Morgan fingerprint density at radius 3 is 2.71 bits per heavy atom. The molecule has 0 unspecified atom stereocenters. The smallest absolute Gasteiger partial charge is 0.337 e. The fraction of sp³-hybridized carbons (Fsp3) is 0.467. The van der Waals surface area contributed by atoms with Gasteiger partial charge in [0.05, 0.1) is 11.3 Å². The lowest BCUT2D eigenvalue weighted by atomic mass is 10.0. The Hall–Kier alpha value is -2.08. The fourth-order valence-corrected chi connectivity index (χ4v) is 2.30. The van der Waals surface area contributed by atoms with E-state index in [1.54, 1.807) is 19.1 Å². The summed E-state index contributed by atoms with van der Waals surface area (Å²) in [6.07, 6.45) is 1.87. The van der Waals surface area contributed by atoms with Gasteiger partial charge in [-0.2, -0.15) is 0 Å². The number of aryl methyl sites for hydroxylation is 1. The summed E-state index contributed by atoms with van der Waals surface area (Å²) in [6, 6.07) is 4.52. The van der Waals surface area contributed by atoms with Crippen LogP contribution in [0.3, 0.4) is 0 Å². The topological polar surface area (TPSA) is 87.7 Å². The number of ether oxygens (including phenoxy) is 1. The zero-order valence-electron chi connectivity index (χ0n) is 12.0. The van der Waals surface area contributed by atoms with Crippen LogP contribution in [0, 0.1) is 12.8 Å². The van der Waals surface area contributed by atoms with Crippen molar-refractivity contribution in [1.29, 1.82) is 0 Å². The van der Waals surface area contributed by atoms with Crippen LogP contribution >= 0.6 is 0 Å². The number of aromatic carboxylic acids is 1. The number of anilines is 1. The molecule has 6 nitrogen and oxygen atoms in total. The lowest BCUT2D eigenvalue weighted by Crippen LogP contribution is -2.35. The van der Waals surface area contributed by atoms with Gasteiger partial charge in [0, 0.05) is 19.8 Å². The van der Waals surface area contributed by atoms with Crippen LogP contribution in [0.25, 0.3) is 0 Å². The third kappa shape index (κ3) is 4.46. The standard InChI is InChI=1S/C15H20N2O4/c1-10-2-3-13(12(8-10)14(18)19)17-15(20)16-9-11-4-6-21-7-5-11/h2-3,8,11H,4-7,9H2,1H3,(H,18,19)(H2,16,17,20). The maximum Gasteiger partial charge on any atom is 0.337 e. The van der Waals surface area contributed by atoms with Crippen LogP contribution in [0.1, 0.15) is 28.8 Å². The summed E-state index contributed by atoms with van der Waals surface area (Å²) in [7, 11) is 0. The Kier molecular flexibility index (Phi) is 5.16. The molecule has 114 valence electrons. The van der Waals surface area contributed by atoms with Crippen LogP contribution in [-0.2, 0) is 4.74 Å². The van der Waals surface area contributed by atoms with E-state index in [9.17, 15) is 9.59 Å². The normalized spacial score (nSPS) is 15.5. The van der Waals surface area contributed by atoms with Crippen molar-refractivity contribution in [3.8, 4) is 0 Å². The van der Waals surface area contributed by atoms with E-state index in [-0.39, 0.29) is 11.6 Å². The number of rotatable bonds is 4. The van der Waals surface area contributed by atoms with Gasteiger partial charge < -0.3 is 20.5 Å².